The van der Waals surface area contributed by atoms with Gasteiger partial charge < -0.3 is 15.6 Å². The number of carboxylic acid groups (broad SMARTS) is 1. The van der Waals surface area contributed by atoms with E-state index in [1.807, 2.05) is 6.92 Å². The van der Waals surface area contributed by atoms with Crippen LogP contribution in [0.3, 0.4) is 0 Å². The molecule has 0 aliphatic heterocycles. The van der Waals surface area contributed by atoms with Crippen molar-refractivity contribution in [3.8, 4) is 0 Å². The van der Waals surface area contributed by atoms with Crippen molar-refractivity contribution in [1.82, 2.24) is 0 Å². The fourth-order valence-corrected chi connectivity index (χ4v) is 0.526. The summed E-state index contributed by atoms with van der Waals surface area (Å²) < 4.78 is 4.77. The molecule has 0 saturated carbocycles. The number of carbonyl (C=O) groups excluding carboxylic acids is 1. The van der Waals surface area contributed by atoms with Crippen LogP contribution in [-0.2, 0) is 14.3 Å². The van der Waals surface area contributed by atoms with Gasteiger partial charge in [-0.1, -0.05) is 6.92 Å². The van der Waals surface area contributed by atoms with Crippen LogP contribution >= 0.6 is 0 Å². The summed E-state index contributed by atoms with van der Waals surface area (Å²) >= 11 is 0. The van der Waals surface area contributed by atoms with Crippen LogP contribution in [0, 0.1) is 0 Å². The van der Waals surface area contributed by atoms with Crippen molar-refractivity contribution in [2.45, 2.75) is 26.4 Å². The lowest BCUT2D eigenvalue weighted by atomic mass is 10.3. The van der Waals surface area contributed by atoms with Crippen LogP contribution in [0.1, 0.15) is 20.3 Å². The summed E-state index contributed by atoms with van der Waals surface area (Å²) in [5, 5.41) is 8.26. The van der Waals surface area contributed by atoms with Gasteiger partial charge in [0.05, 0.1) is 12.2 Å². The Morgan fingerprint density at radius 2 is 2.15 bits per heavy atom. The van der Waals surface area contributed by atoms with E-state index in [1.165, 1.54) is 0 Å². The standard InChI is InChI=1S/C8H13NO4/c1-3-5(2)13-8(12)6(9)4-7(10)11/h4-5H,3,9H2,1-2H3,(H,10,11). The summed E-state index contributed by atoms with van der Waals surface area (Å²) in [5.74, 6) is -2.06. The molecule has 74 valence electrons. The predicted octanol–water partition coefficient (Wildman–Crippen LogP) is 0.255. The molecule has 0 spiro atoms. The van der Waals surface area contributed by atoms with Crippen molar-refractivity contribution in [2.75, 3.05) is 0 Å². The third-order valence-electron chi connectivity index (χ3n) is 1.40. The molecule has 0 bridgehead atoms. The molecule has 0 heterocycles. The summed E-state index contributed by atoms with van der Waals surface area (Å²) in [7, 11) is 0. The number of hydrogen-bond acceptors (Lipinski definition) is 4. The maximum Gasteiger partial charge on any atom is 0.354 e. The number of nitrogens with two attached hydrogens (primary N) is 1. The van der Waals surface area contributed by atoms with Crippen LogP contribution in [0.25, 0.3) is 0 Å². The number of ether oxygens (including phenoxy) is 1. The summed E-state index contributed by atoms with van der Waals surface area (Å²) in [6.07, 6.45) is 1.02. The Hall–Kier alpha value is -1.52. The van der Waals surface area contributed by atoms with Crippen LogP contribution in [0.2, 0.25) is 0 Å². The highest BCUT2D eigenvalue weighted by Crippen LogP contribution is 1.99. The minimum atomic E-state index is -1.27. The first-order valence-electron chi connectivity index (χ1n) is 3.88. The van der Waals surface area contributed by atoms with Crippen LogP contribution in [-0.4, -0.2) is 23.1 Å². The Bertz CT molecular complexity index is 234. The Kier molecular flexibility index (Phi) is 4.58. The second kappa shape index (κ2) is 5.18. The SMILES string of the molecule is CCC(C)OC(=O)C(N)=CC(=O)O. The number of hydrogen-bond donors (Lipinski definition) is 2. The Labute approximate surface area is 76.2 Å². The molecule has 0 aromatic carbocycles. The smallest absolute Gasteiger partial charge is 0.354 e. The van der Waals surface area contributed by atoms with Crippen LogP contribution in [0.15, 0.2) is 11.8 Å². The van der Waals surface area contributed by atoms with Gasteiger partial charge in [0.15, 0.2) is 0 Å². The van der Waals surface area contributed by atoms with Crippen molar-refractivity contribution >= 4 is 11.9 Å². The number of rotatable bonds is 4. The number of esters is 1. The molecule has 0 aromatic heterocycles. The molecule has 0 aliphatic carbocycles. The second-order valence-electron chi connectivity index (χ2n) is 2.56. The Balaban J connectivity index is 4.19. The van der Waals surface area contributed by atoms with Gasteiger partial charge in [-0.2, -0.15) is 0 Å². The lowest BCUT2D eigenvalue weighted by molar-refractivity contribution is -0.144. The third-order valence-corrected chi connectivity index (χ3v) is 1.40. The monoisotopic (exact) mass is 187 g/mol. The fourth-order valence-electron chi connectivity index (χ4n) is 0.526. The van der Waals surface area contributed by atoms with Gasteiger partial charge in [0.25, 0.3) is 0 Å². The molecule has 1 unspecified atom stereocenters. The average Bonchev–Trinajstić information content (AvgIpc) is 2.02. The highest BCUT2D eigenvalue weighted by atomic mass is 16.5. The highest BCUT2D eigenvalue weighted by Gasteiger charge is 2.11. The van der Waals surface area contributed by atoms with Gasteiger partial charge in [-0.15, -0.1) is 0 Å². The maximum absolute atomic E-state index is 11.0. The summed E-state index contributed by atoms with van der Waals surface area (Å²) in [6, 6.07) is 0. The zero-order chi connectivity index (χ0) is 10.4. The number of carbonyl (C=O) groups is 2. The van der Waals surface area contributed by atoms with Crippen LogP contribution in [0.5, 0.6) is 0 Å². The molecule has 0 aromatic rings. The first-order valence-corrected chi connectivity index (χ1v) is 3.88. The molecule has 0 radical (unpaired) electrons. The number of carboxylic acids is 1. The Morgan fingerprint density at radius 3 is 2.54 bits per heavy atom. The van der Waals surface area contributed by atoms with Crippen LogP contribution in [0.4, 0.5) is 0 Å². The van der Waals surface area contributed by atoms with Crippen molar-refractivity contribution in [2.24, 2.45) is 5.73 Å². The largest absolute Gasteiger partial charge is 0.478 e. The summed E-state index contributed by atoms with van der Waals surface area (Å²) in [4.78, 5) is 21.1. The lowest BCUT2D eigenvalue weighted by Crippen LogP contribution is -2.20. The van der Waals surface area contributed by atoms with E-state index in [2.05, 4.69) is 0 Å². The topological polar surface area (TPSA) is 89.6 Å². The molecule has 0 rings (SSSR count). The lowest BCUT2D eigenvalue weighted by Gasteiger charge is -2.09. The van der Waals surface area contributed by atoms with Crippen molar-refractivity contribution in [3.05, 3.63) is 11.8 Å². The van der Waals surface area contributed by atoms with E-state index in [4.69, 9.17) is 15.6 Å². The van der Waals surface area contributed by atoms with E-state index < -0.39 is 17.6 Å². The maximum atomic E-state index is 11.0. The Morgan fingerprint density at radius 1 is 1.62 bits per heavy atom. The van der Waals surface area contributed by atoms with E-state index in [1.54, 1.807) is 6.92 Å². The quantitative estimate of drug-likeness (QED) is 0.486. The predicted molar refractivity (Wildman–Crippen MR) is 45.8 cm³/mol. The normalized spacial score (nSPS) is 13.5. The molecule has 0 amide bonds. The highest BCUT2D eigenvalue weighted by molar-refractivity contribution is 5.94. The minimum Gasteiger partial charge on any atom is -0.478 e. The van der Waals surface area contributed by atoms with Gasteiger partial charge in [-0.05, 0) is 13.3 Å². The molecule has 13 heavy (non-hydrogen) atoms. The molecule has 5 nitrogen and oxygen atoms in total. The van der Waals surface area contributed by atoms with E-state index in [9.17, 15) is 9.59 Å². The zero-order valence-electron chi connectivity index (χ0n) is 7.61. The van der Waals surface area contributed by atoms with Gasteiger partial charge in [-0.3, -0.25) is 0 Å². The molecular weight excluding hydrogens is 174 g/mol. The third kappa shape index (κ3) is 4.84. The van der Waals surface area contributed by atoms with Gasteiger partial charge in [0.1, 0.15) is 5.70 Å². The van der Waals surface area contributed by atoms with Crippen molar-refractivity contribution in [3.63, 3.8) is 0 Å². The summed E-state index contributed by atoms with van der Waals surface area (Å²) in [5.41, 5.74) is 4.73. The molecule has 5 heteroatoms. The van der Waals surface area contributed by atoms with E-state index in [0.29, 0.717) is 12.5 Å². The summed E-state index contributed by atoms with van der Waals surface area (Å²) in [6.45, 7) is 3.54. The van der Waals surface area contributed by atoms with Crippen LogP contribution < -0.4 is 5.73 Å². The first-order chi connectivity index (χ1) is 5.97. The molecule has 0 fully saturated rings. The molecular formula is C8H13NO4. The molecule has 0 saturated heterocycles. The zero-order valence-corrected chi connectivity index (χ0v) is 7.61. The first kappa shape index (κ1) is 11.5. The second-order valence-corrected chi connectivity index (χ2v) is 2.56. The van der Waals surface area contributed by atoms with Crippen molar-refractivity contribution < 1.29 is 19.4 Å². The van der Waals surface area contributed by atoms with Gasteiger partial charge in [0, 0.05) is 0 Å². The van der Waals surface area contributed by atoms with E-state index >= 15 is 0 Å². The van der Waals surface area contributed by atoms with Gasteiger partial charge >= 0.3 is 11.9 Å². The van der Waals surface area contributed by atoms with E-state index in [-0.39, 0.29) is 6.10 Å². The fraction of sp³-hybridized carbons (Fsp3) is 0.500. The molecule has 3 N–H and O–H groups in total. The number of aliphatic carboxylic acids is 1. The van der Waals surface area contributed by atoms with E-state index in [0.717, 1.165) is 0 Å². The average molecular weight is 187 g/mol. The molecule has 0 aliphatic rings. The van der Waals surface area contributed by atoms with Gasteiger partial charge in [0.2, 0.25) is 0 Å². The molecule has 1 atom stereocenters. The van der Waals surface area contributed by atoms with Crippen molar-refractivity contribution in [1.29, 1.82) is 0 Å². The van der Waals surface area contributed by atoms with Gasteiger partial charge in [-0.25, -0.2) is 9.59 Å². The minimum absolute atomic E-state index is 0.256.